The average molecular weight is 414 g/mol. The van der Waals surface area contributed by atoms with Gasteiger partial charge in [-0.15, -0.1) is 5.10 Å². The fourth-order valence-electron chi connectivity index (χ4n) is 2.64. The van der Waals surface area contributed by atoms with Crippen LogP contribution in [0, 0.1) is 17.5 Å². The van der Waals surface area contributed by atoms with Crippen LogP contribution >= 0.6 is 0 Å². The van der Waals surface area contributed by atoms with Crippen LogP contribution in [0.1, 0.15) is 21.7 Å². The van der Waals surface area contributed by atoms with Gasteiger partial charge in [0.15, 0.2) is 11.4 Å². The molecule has 0 bridgehead atoms. The summed E-state index contributed by atoms with van der Waals surface area (Å²) in [7, 11) is 0. The molecule has 3 aromatic rings. The first-order chi connectivity index (χ1) is 13.6. The number of amides is 1. The lowest BCUT2D eigenvalue weighted by Gasteiger charge is -2.11. The fourth-order valence-corrected chi connectivity index (χ4v) is 2.64. The van der Waals surface area contributed by atoms with E-state index in [1.54, 1.807) is 0 Å². The molecule has 29 heavy (non-hydrogen) atoms. The van der Waals surface area contributed by atoms with E-state index in [0.29, 0.717) is 10.7 Å². The molecule has 0 radical (unpaired) electrons. The second-order valence-electron chi connectivity index (χ2n) is 5.96. The van der Waals surface area contributed by atoms with E-state index < -0.39 is 40.9 Å². The van der Waals surface area contributed by atoms with E-state index in [4.69, 9.17) is 0 Å². The van der Waals surface area contributed by atoms with Gasteiger partial charge in [-0.3, -0.25) is 4.79 Å². The van der Waals surface area contributed by atoms with Gasteiger partial charge < -0.3 is 5.32 Å². The SMILES string of the molecule is O=C(NCCc1cc(F)cc(F)c1)c1nnn(-c2cccc(F)c2)c1C(F)(F)F. The summed E-state index contributed by atoms with van der Waals surface area (Å²) >= 11 is 0. The van der Waals surface area contributed by atoms with Crippen LogP contribution in [0.15, 0.2) is 42.5 Å². The minimum absolute atomic E-state index is 0.0280. The lowest BCUT2D eigenvalue weighted by Crippen LogP contribution is -2.29. The Labute approximate surface area is 160 Å². The van der Waals surface area contributed by atoms with Gasteiger partial charge in [0.2, 0.25) is 0 Å². The molecule has 0 saturated heterocycles. The summed E-state index contributed by atoms with van der Waals surface area (Å²) in [6.07, 6.45) is -5.03. The third kappa shape index (κ3) is 4.73. The van der Waals surface area contributed by atoms with Crippen LogP contribution in [-0.4, -0.2) is 27.4 Å². The van der Waals surface area contributed by atoms with Gasteiger partial charge in [0.05, 0.1) is 5.69 Å². The molecule has 3 rings (SSSR count). The highest BCUT2D eigenvalue weighted by Gasteiger charge is 2.42. The zero-order chi connectivity index (χ0) is 21.2. The lowest BCUT2D eigenvalue weighted by atomic mass is 10.1. The first-order valence-corrected chi connectivity index (χ1v) is 8.17. The van der Waals surface area contributed by atoms with Crippen LogP contribution < -0.4 is 5.32 Å². The molecule has 2 aromatic carbocycles. The molecule has 1 N–H and O–H groups in total. The van der Waals surface area contributed by atoms with Crippen LogP contribution in [0.5, 0.6) is 0 Å². The standard InChI is InChI=1S/C18H12F6N4O/c19-11-2-1-3-14(9-11)28-16(18(22,23)24)15(26-27-28)17(29)25-5-4-10-6-12(20)8-13(21)7-10/h1-3,6-9H,4-5H2,(H,25,29). The zero-order valence-corrected chi connectivity index (χ0v) is 14.5. The second-order valence-corrected chi connectivity index (χ2v) is 5.96. The smallest absolute Gasteiger partial charge is 0.350 e. The maximum Gasteiger partial charge on any atom is 0.435 e. The van der Waals surface area contributed by atoms with Crippen LogP contribution in [0.25, 0.3) is 5.69 Å². The molecule has 0 unspecified atom stereocenters. The van der Waals surface area contributed by atoms with Gasteiger partial charge in [-0.05, 0) is 42.3 Å². The number of rotatable bonds is 5. The van der Waals surface area contributed by atoms with E-state index in [1.165, 1.54) is 12.1 Å². The number of halogens is 6. The molecule has 0 aliphatic rings. The Balaban J connectivity index is 1.81. The largest absolute Gasteiger partial charge is 0.435 e. The van der Waals surface area contributed by atoms with Crippen molar-refractivity contribution in [2.24, 2.45) is 0 Å². The Bertz CT molecular complexity index is 1030. The minimum Gasteiger partial charge on any atom is -0.350 e. The minimum atomic E-state index is -5.01. The van der Waals surface area contributed by atoms with Gasteiger partial charge in [0.25, 0.3) is 5.91 Å². The van der Waals surface area contributed by atoms with Crippen molar-refractivity contribution in [3.63, 3.8) is 0 Å². The molecule has 1 amide bonds. The number of alkyl halides is 3. The highest BCUT2D eigenvalue weighted by molar-refractivity contribution is 5.93. The number of nitrogens with one attached hydrogen (secondary N) is 1. The van der Waals surface area contributed by atoms with Crippen molar-refractivity contribution in [1.82, 2.24) is 20.3 Å². The van der Waals surface area contributed by atoms with E-state index in [1.807, 2.05) is 0 Å². The molecule has 5 nitrogen and oxygen atoms in total. The number of benzene rings is 2. The second kappa shape index (κ2) is 7.94. The molecule has 1 heterocycles. The molecule has 0 fully saturated rings. The predicted octanol–water partition coefficient (Wildman–Crippen LogP) is 3.68. The van der Waals surface area contributed by atoms with Gasteiger partial charge in [0, 0.05) is 12.6 Å². The van der Waals surface area contributed by atoms with Crippen molar-refractivity contribution in [2.75, 3.05) is 6.54 Å². The Morgan fingerprint density at radius 2 is 1.69 bits per heavy atom. The van der Waals surface area contributed by atoms with Crippen LogP contribution in [0.3, 0.4) is 0 Å². The lowest BCUT2D eigenvalue weighted by molar-refractivity contribution is -0.143. The number of carbonyl (C=O) groups is 1. The molecule has 1 aromatic heterocycles. The fraction of sp³-hybridized carbons (Fsp3) is 0.167. The van der Waals surface area contributed by atoms with Crippen molar-refractivity contribution in [1.29, 1.82) is 0 Å². The number of nitrogens with zero attached hydrogens (tertiary/aromatic N) is 3. The molecule has 0 atom stereocenters. The normalized spacial score (nSPS) is 11.5. The van der Waals surface area contributed by atoms with Gasteiger partial charge >= 0.3 is 6.18 Å². The highest BCUT2D eigenvalue weighted by Crippen LogP contribution is 2.32. The van der Waals surface area contributed by atoms with Crippen LogP contribution in [0.2, 0.25) is 0 Å². The molecule has 152 valence electrons. The maximum absolute atomic E-state index is 13.5. The summed E-state index contributed by atoms with van der Waals surface area (Å²) < 4.78 is 80.5. The Morgan fingerprint density at radius 1 is 1.00 bits per heavy atom. The van der Waals surface area contributed by atoms with Gasteiger partial charge in [-0.2, -0.15) is 13.2 Å². The monoisotopic (exact) mass is 414 g/mol. The molecule has 0 spiro atoms. The van der Waals surface area contributed by atoms with E-state index in [-0.39, 0.29) is 24.2 Å². The maximum atomic E-state index is 13.5. The summed E-state index contributed by atoms with van der Waals surface area (Å²) in [5, 5.41) is 8.81. The third-order valence-electron chi connectivity index (χ3n) is 3.83. The van der Waals surface area contributed by atoms with Gasteiger partial charge in [0.1, 0.15) is 17.5 Å². The van der Waals surface area contributed by atoms with E-state index in [9.17, 15) is 31.1 Å². The van der Waals surface area contributed by atoms with Crippen LogP contribution in [0.4, 0.5) is 26.3 Å². The summed E-state index contributed by atoms with van der Waals surface area (Å²) in [5.74, 6) is -3.61. The summed E-state index contributed by atoms with van der Waals surface area (Å²) in [6.45, 7) is -0.203. The number of hydrogen-bond donors (Lipinski definition) is 1. The molecule has 0 aliphatic heterocycles. The summed E-state index contributed by atoms with van der Waals surface area (Å²) in [6, 6.07) is 6.95. The first-order valence-electron chi connectivity index (χ1n) is 8.17. The van der Waals surface area contributed by atoms with E-state index in [2.05, 4.69) is 15.6 Å². The molecular formula is C18H12F6N4O. The Morgan fingerprint density at radius 3 is 2.31 bits per heavy atom. The van der Waals surface area contributed by atoms with Crippen molar-refractivity contribution in [3.8, 4) is 5.69 Å². The zero-order valence-electron chi connectivity index (χ0n) is 14.5. The molecule has 0 saturated carbocycles. The van der Waals surface area contributed by atoms with Crippen molar-refractivity contribution in [3.05, 3.63) is 76.9 Å². The summed E-state index contributed by atoms with van der Waals surface area (Å²) in [4.78, 5) is 12.2. The highest BCUT2D eigenvalue weighted by atomic mass is 19.4. The van der Waals surface area contributed by atoms with E-state index in [0.717, 1.165) is 24.3 Å². The van der Waals surface area contributed by atoms with Crippen molar-refractivity contribution < 1.29 is 31.1 Å². The number of hydrogen-bond acceptors (Lipinski definition) is 3. The summed E-state index contributed by atoms with van der Waals surface area (Å²) in [5.41, 5.74) is -2.54. The van der Waals surface area contributed by atoms with E-state index >= 15 is 0 Å². The average Bonchev–Trinajstić information content (AvgIpc) is 3.06. The topological polar surface area (TPSA) is 59.8 Å². The van der Waals surface area contributed by atoms with Crippen molar-refractivity contribution >= 4 is 5.91 Å². The Hall–Kier alpha value is -3.37. The van der Waals surface area contributed by atoms with Crippen molar-refractivity contribution in [2.45, 2.75) is 12.6 Å². The first kappa shape index (κ1) is 20.4. The predicted molar refractivity (Wildman–Crippen MR) is 88.7 cm³/mol. The van der Waals surface area contributed by atoms with Gasteiger partial charge in [-0.1, -0.05) is 11.3 Å². The number of aromatic nitrogens is 3. The molecular weight excluding hydrogens is 402 g/mol. The number of carbonyl (C=O) groups excluding carboxylic acids is 1. The molecule has 11 heteroatoms. The molecule has 0 aliphatic carbocycles. The quantitative estimate of drug-likeness (QED) is 0.648. The Kier molecular flexibility index (Phi) is 5.57. The third-order valence-corrected chi connectivity index (χ3v) is 3.83. The van der Waals surface area contributed by atoms with Gasteiger partial charge in [-0.25, -0.2) is 17.9 Å². The van der Waals surface area contributed by atoms with Crippen LogP contribution in [-0.2, 0) is 12.6 Å².